The molecule has 0 radical (unpaired) electrons. The summed E-state index contributed by atoms with van der Waals surface area (Å²) in [5.41, 5.74) is 1.13. The number of aromatic amines is 1. The highest BCUT2D eigenvalue weighted by atomic mass is 32.2. The van der Waals surface area contributed by atoms with Gasteiger partial charge in [0.05, 0.1) is 24.8 Å². The number of aromatic carboxylic acids is 1. The highest BCUT2D eigenvalue weighted by Crippen LogP contribution is 2.33. The Morgan fingerprint density at radius 2 is 1.78 bits per heavy atom. The van der Waals surface area contributed by atoms with Crippen LogP contribution in [0.5, 0.6) is 11.5 Å². The lowest BCUT2D eigenvalue weighted by atomic mass is 10.1. The van der Waals surface area contributed by atoms with Crippen LogP contribution in [0.2, 0.25) is 0 Å². The Hall–Kier alpha value is -3.20. The highest BCUT2D eigenvalue weighted by molar-refractivity contribution is 7.92. The molecule has 2 aromatic carbocycles. The zero-order valence-electron chi connectivity index (χ0n) is 14.9. The molecule has 0 bridgehead atoms. The number of hydrogen-bond donors (Lipinski definition) is 3. The van der Waals surface area contributed by atoms with Gasteiger partial charge in [0, 0.05) is 17.0 Å². The molecular formula is C18H18N2O6S. The molecule has 8 nitrogen and oxygen atoms in total. The van der Waals surface area contributed by atoms with Crippen LogP contribution in [0.1, 0.15) is 16.1 Å². The Kier molecular flexibility index (Phi) is 4.71. The van der Waals surface area contributed by atoms with E-state index in [1.54, 1.807) is 18.2 Å². The van der Waals surface area contributed by atoms with E-state index in [9.17, 15) is 18.3 Å². The normalized spacial score (nSPS) is 11.4. The molecule has 3 rings (SSSR count). The first-order valence-electron chi connectivity index (χ1n) is 7.87. The number of H-pyrrole nitrogens is 1. The summed E-state index contributed by atoms with van der Waals surface area (Å²) < 4.78 is 38.3. The van der Waals surface area contributed by atoms with Crippen molar-refractivity contribution in [3.05, 3.63) is 47.7 Å². The average molecular weight is 390 g/mol. The van der Waals surface area contributed by atoms with E-state index < -0.39 is 16.0 Å². The summed E-state index contributed by atoms with van der Waals surface area (Å²) in [5, 5.41) is 9.92. The lowest BCUT2D eigenvalue weighted by molar-refractivity contribution is 0.0692. The van der Waals surface area contributed by atoms with Gasteiger partial charge in [-0.05, 0) is 31.2 Å². The number of carboxylic acid groups (broad SMARTS) is 1. The summed E-state index contributed by atoms with van der Waals surface area (Å²) in [5.74, 6) is -0.645. The lowest BCUT2D eigenvalue weighted by Crippen LogP contribution is -2.15. The van der Waals surface area contributed by atoms with Crippen molar-refractivity contribution >= 4 is 32.6 Å². The Labute approximate surface area is 155 Å². The zero-order chi connectivity index (χ0) is 19.8. The molecule has 142 valence electrons. The van der Waals surface area contributed by atoms with Crippen molar-refractivity contribution in [1.82, 2.24) is 4.98 Å². The van der Waals surface area contributed by atoms with Gasteiger partial charge in [-0.25, -0.2) is 13.2 Å². The minimum absolute atomic E-state index is 0.0176. The second-order valence-electron chi connectivity index (χ2n) is 5.85. The summed E-state index contributed by atoms with van der Waals surface area (Å²) in [6, 6.07) is 9.34. The maximum absolute atomic E-state index is 12.9. The minimum Gasteiger partial charge on any atom is -0.493 e. The van der Waals surface area contributed by atoms with Crippen molar-refractivity contribution in [2.75, 3.05) is 18.9 Å². The molecule has 0 spiro atoms. The summed E-state index contributed by atoms with van der Waals surface area (Å²) >= 11 is 0. The summed E-state index contributed by atoms with van der Waals surface area (Å²) in [7, 11) is -1.23. The maximum atomic E-state index is 12.9. The smallest absolute Gasteiger partial charge is 0.354 e. The molecule has 0 fully saturated rings. The van der Waals surface area contributed by atoms with Crippen LogP contribution in [-0.4, -0.2) is 38.7 Å². The molecule has 1 heterocycles. The molecule has 0 saturated heterocycles. The van der Waals surface area contributed by atoms with Crippen LogP contribution in [0.3, 0.4) is 0 Å². The van der Waals surface area contributed by atoms with Crippen molar-refractivity contribution in [2.45, 2.75) is 11.8 Å². The summed E-state index contributed by atoms with van der Waals surface area (Å²) in [6.07, 6.45) is 0. The molecular weight excluding hydrogens is 372 g/mol. The Morgan fingerprint density at radius 3 is 2.41 bits per heavy atom. The average Bonchev–Trinajstić information content (AvgIpc) is 2.98. The maximum Gasteiger partial charge on any atom is 0.354 e. The quantitative estimate of drug-likeness (QED) is 0.596. The van der Waals surface area contributed by atoms with Crippen molar-refractivity contribution in [3.63, 3.8) is 0 Å². The van der Waals surface area contributed by atoms with Crippen LogP contribution in [0.25, 0.3) is 10.9 Å². The third-order valence-electron chi connectivity index (χ3n) is 4.07. The Bertz CT molecular complexity index is 1130. The number of sulfonamides is 1. The molecule has 0 unspecified atom stereocenters. The second-order valence-corrected chi connectivity index (χ2v) is 7.53. The molecule has 0 atom stereocenters. The first-order chi connectivity index (χ1) is 12.8. The number of anilines is 1. The Morgan fingerprint density at radius 1 is 1.07 bits per heavy atom. The topological polar surface area (TPSA) is 118 Å². The van der Waals surface area contributed by atoms with E-state index in [4.69, 9.17) is 9.47 Å². The molecule has 0 aliphatic carbocycles. The van der Waals surface area contributed by atoms with Crippen LogP contribution in [0.4, 0.5) is 5.69 Å². The van der Waals surface area contributed by atoms with Crippen LogP contribution < -0.4 is 14.2 Å². The van der Waals surface area contributed by atoms with E-state index in [2.05, 4.69) is 9.71 Å². The molecule has 0 aliphatic rings. The van der Waals surface area contributed by atoms with Gasteiger partial charge in [-0.2, -0.15) is 0 Å². The van der Waals surface area contributed by atoms with Crippen LogP contribution in [-0.2, 0) is 10.0 Å². The third-order valence-corrected chi connectivity index (χ3v) is 5.42. The highest BCUT2D eigenvalue weighted by Gasteiger charge is 2.24. The predicted molar refractivity (Wildman–Crippen MR) is 100 cm³/mol. The van der Waals surface area contributed by atoms with Crippen molar-refractivity contribution in [3.8, 4) is 11.5 Å². The van der Waals surface area contributed by atoms with E-state index in [1.165, 1.54) is 32.4 Å². The van der Waals surface area contributed by atoms with Gasteiger partial charge in [-0.3, -0.25) is 4.72 Å². The van der Waals surface area contributed by atoms with E-state index in [-0.39, 0.29) is 22.0 Å². The predicted octanol–water partition coefficient (Wildman–Crippen LogP) is 2.99. The number of nitrogens with one attached hydrogen (secondary N) is 2. The number of hydrogen-bond acceptors (Lipinski definition) is 5. The standard InChI is InChI=1S/C18H18N2O6S/c1-10-4-6-13-12(8-10)16(17(19-13)18(21)22)20-27(23,24)11-5-7-14(25-2)15(9-11)26-3/h4-9,19-20H,1-3H3,(H,21,22). The fourth-order valence-electron chi connectivity index (χ4n) is 2.75. The SMILES string of the molecule is COc1ccc(S(=O)(=O)Nc2c(C(=O)O)[nH]c3ccc(C)cc23)cc1OC. The fraction of sp³-hybridized carbons (Fsp3) is 0.167. The number of benzene rings is 2. The van der Waals surface area contributed by atoms with Gasteiger partial charge >= 0.3 is 5.97 Å². The number of rotatable bonds is 6. The van der Waals surface area contributed by atoms with Crippen molar-refractivity contribution in [2.24, 2.45) is 0 Å². The first kappa shape index (κ1) is 18.6. The van der Waals surface area contributed by atoms with Gasteiger partial charge in [0.1, 0.15) is 5.69 Å². The van der Waals surface area contributed by atoms with Gasteiger partial charge in [0.25, 0.3) is 10.0 Å². The lowest BCUT2D eigenvalue weighted by Gasteiger charge is -2.12. The summed E-state index contributed by atoms with van der Waals surface area (Å²) in [6.45, 7) is 1.83. The van der Waals surface area contributed by atoms with Gasteiger partial charge < -0.3 is 19.6 Å². The molecule has 3 aromatic rings. The van der Waals surface area contributed by atoms with E-state index in [0.29, 0.717) is 16.7 Å². The van der Waals surface area contributed by atoms with Crippen molar-refractivity contribution < 1.29 is 27.8 Å². The van der Waals surface area contributed by atoms with Gasteiger partial charge in [0.15, 0.2) is 11.5 Å². The Balaban J connectivity index is 2.12. The number of methoxy groups -OCH3 is 2. The number of aromatic nitrogens is 1. The van der Waals surface area contributed by atoms with Gasteiger partial charge in [-0.15, -0.1) is 0 Å². The molecule has 1 aromatic heterocycles. The third kappa shape index (κ3) is 3.41. The van der Waals surface area contributed by atoms with Crippen molar-refractivity contribution in [1.29, 1.82) is 0 Å². The number of fused-ring (bicyclic) bond motifs is 1. The summed E-state index contributed by atoms with van der Waals surface area (Å²) in [4.78, 5) is 14.2. The fourth-order valence-corrected chi connectivity index (χ4v) is 3.86. The van der Waals surface area contributed by atoms with E-state index >= 15 is 0 Å². The van der Waals surface area contributed by atoms with E-state index in [1.807, 2.05) is 6.92 Å². The zero-order valence-corrected chi connectivity index (χ0v) is 15.7. The molecule has 0 aliphatic heterocycles. The monoisotopic (exact) mass is 390 g/mol. The number of ether oxygens (including phenoxy) is 2. The molecule has 0 amide bonds. The van der Waals surface area contributed by atoms with Gasteiger partial charge in [0.2, 0.25) is 0 Å². The van der Waals surface area contributed by atoms with Crippen LogP contribution >= 0.6 is 0 Å². The number of aryl methyl sites for hydroxylation is 1. The molecule has 0 saturated carbocycles. The minimum atomic E-state index is -4.07. The van der Waals surface area contributed by atoms with E-state index in [0.717, 1.165) is 5.56 Å². The first-order valence-corrected chi connectivity index (χ1v) is 9.35. The number of carbonyl (C=O) groups is 1. The van der Waals surface area contributed by atoms with Gasteiger partial charge in [-0.1, -0.05) is 11.6 Å². The second kappa shape index (κ2) is 6.84. The molecule has 3 N–H and O–H groups in total. The number of carboxylic acids is 1. The van der Waals surface area contributed by atoms with Crippen LogP contribution in [0, 0.1) is 6.92 Å². The van der Waals surface area contributed by atoms with Crippen LogP contribution in [0.15, 0.2) is 41.3 Å². The largest absolute Gasteiger partial charge is 0.493 e. The molecule has 9 heteroatoms. The molecule has 27 heavy (non-hydrogen) atoms.